The van der Waals surface area contributed by atoms with E-state index in [4.69, 9.17) is 4.42 Å². The summed E-state index contributed by atoms with van der Waals surface area (Å²) in [5.74, 6) is -3.90. The zero-order valence-electron chi connectivity index (χ0n) is 11.2. The molecule has 21 heavy (non-hydrogen) atoms. The molecule has 1 aromatic heterocycles. The van der Waals surface area contributed by atoms with Crippen LogP contribution in [0.1, 0.15) is 25.2 Å². The average molecular weight is 297 g/mol. The van der Waals surface area contributed by atoms with E-state index in [9.17, 15) is 13.2 Å². The van der Waals surface area contributed by atoms with Crippen molar-refractivity contribution < 1.29 is 17.6 Å². The molecule has 3 rings (SSSR count). The van der Waals surface area contributed by atoms with Gasteiger partial charge in [-0.1, -0.05) is 0 Å². The summed E-state index contributed by atoms with van der Waals surface area (Å²) in [4.78, 5) is 0. The Kier molecular flexibility index (Phi) is 3.92. The van der Waals surface area contributed by atoms with Gasteiger partial charge in [0.25, 0.3) is 5.89 Å². The standard InChI is InChI=1S/C14H14F3N3O/c15-10-6-5-9(12(16)13(10)17)14-20-19-11(21-14)2-1-7-18-8-3-4-8/h5-6,8,18H,1-4,7H2. The number of halogens is 3. The van der Waals surface area contributed by atoms with Gasteiger partial charge >= 0.3 is 0 Å². The molecule has 1 aliphatic carbocycles. The molecule has 7 heteroatoms. The van der Waals surface area contributed by atoms with Crippen molar-refractivity contribution >= 4 is 0 Å². The molecule has 1 aromatic carbocycles. The maximum absolute atomic E-state index is 13.6. The van der Waals surface area contributed by atoms with Crippen molar-refractivity contribution in [1.29, 1.82) is 0 Å². The summed E-state index contributed by atoms with van der Waals surface area (Å²) in [6, 6.07) is 2.55. The second-order valence-corrected chi connectivity index (χ2v) is 5.06. The lowest BCUT2D eigenvalue weighted by molar-refractivity contribution is 0.443. The van der Waals surface area contributed by atoms with Crippen molar-refractivity contribution in [2.75, 3.05) is 6.54 Å². The number of rotatable bonds is 6. The Morgan fingerprint density at radius 3 is 2.71 bits per heavy atom. The van der Waals surface area contributed by atoms with Crippen molar-refractivity contribution in [3.8, 4) is 11.5 Å². The van der Waals surface area contributed by atoms with Crippen LogP contribution in [0, 0.1) is 17.5 Å². The first-order chi connectivity index (χ1) is 10.1. The highest BCUT2D eigenvalue weighted by atomic mass is 19.2. The Hall–Kier alpha value is -1.89. The van der Waals surface area contributed by atoms with Crippen molar-refractivity contribution in [1.82, 2.24) is 15.5 Å². The highest BCUT2D eigenvalue weighted by Crippen LogP contribution is 2.25. The molecule has 0 amide bonds. The van der Waals surface area contributed by atoms with E-state index in [-0.39, 0.29) is 11.5 Å². The summed E-state index contributed by atoms with van der Waals surface area (Å²) in [6.07, 6.45) is 3.82. The van der Waals surface area contributed by atoms with Gasteiger partial charge in [0.2, 0.25) is 5.89 Å². The van der Waals surface area contributed by atoms with Gasteiger partial charge in [-0.05, 0) is 37.9 Å². The van der Waals surface area contributed by atoms with E-state index in [0.717, 1.165) is 25.1 Å². The minimum atomic E-state index is -1.54. The largest absolute Gasteiger partial charge is 0.421 e. The third-order valence-corrected chi connectivity index (χ3v) is 3.31. The first-order valence-electron chi connectivity index (χ1n) is 6.85. The second kappa shape index (κ2) is 5.85. The Labute approximate surface area is 119 Å². The maximum atomic E-state index is 13.6. The van der Waals surface area contributed by atoms with E-state index in [1.54, 1.807) is 0 Å². The molecule has 1 aliphatic rings. The molecule has 0 aliphatic heterocycles. The number of nitrogens with one attached hydrogen (secondary N) is 1. The second-order valence-electron chi connectivity index (χ2n) is 5.06. The van der Waals surface area contributed by atoms with Gasteiger partial charge in [0.15, 0.2) is 17.5 Å². The van der Waals surface area contributed by atoms with Crippen LogP contribution >= 0.6 is 0 Å². The zero-order valence-corrected chi connectivity index (χ0v) is 11.2. The number of aryl methyl sites for hydroxylation is 1. The molecule has 0 unspecified atom stereocenters. The molecule has 1 fully saturated rings. The Morgan fingerprint density at radius 1 is 1.14 bits per heavy atom. The monoisotopic (exact) mass is 297 g/mol. The number of aromatic nitrogens is 2. The topological polar surface area (TPSA) is 51.0 Å². The highest BCUT2D eigenvalue weighted by molar-refractivity contribution is 5.53. The first-order valence-corrected chi connectivity index (χ1v) is 6.85. The van der Waals surface area contributed by atoms with Gasteiger partial charge < -0.3 is 9.73 Å². The molecule has 112 valence electrons. The van der Waals surface area contributed by atoms with E-state index in [1.165, 1.54) is 12.8 Å². The molecule has 0 radical (unpaired) electrons. The third-order valence-electron chi connectivity index (χ3n) is 3.31. The maximum Gasteiger partial charge on any atom is 0.250 e. The first kappa shape index (κ1) is 14.1. The van der Waals surface area contributed by atoms with Crippen molar-refractivity contribution in [2.45, 2.75) is 31.7 Å². The van der Waals surface area contributed by atoms with Gasteiger partial charge in [-0.15, -0.1) is 10.2 Å². The molecule has 0 bridgehead atoms. The van der Waals surface area contributed by atoms with Gasteiger partial charge in [-0.25, -0.2) is 13.2 Å². The summed E-state index contributed by atoms with van der Waals surface area (Å²) in [6.45, 7) is 0.849. The van der Waals surface area contributed by atoms with Gasteiger partial charge in [0.05, 0.1) is 5.56 Å². The van der Waals surface area contributed by atoms with Crippen LogP contribution in [-0.2, 0) is 6.42 Å². The van der Waals surface area contributed by atoms with E-state index in [2.05, 4.69) is 15.5 Å². The lowest BCUT2D eigenvalue weighted by atomic mass is 10.2. The van der Waals surface area contributed by atoms with Crippen molar-refractivity contribution in [2.24, 2.45) is 0 Å². The van der Waals surface area contributed by atoms with E-state index in [1.807, 2.05) is 0 Å². The number of nitrogens with zero attached hydrogens (tertiary/aromatic N) is 2. The quantitative estimate of drug-likeness (QED) is 0.658. The predicted octanol–water partition coefficient (Wildman–Crippen LogP) is 2.84. The molecule has 1 heterocycles. The molecule has 1 N–H and O–H groups in total. The third kappa shape index (κ3) is 3.24. The average Bonchev–Trinajstić information content (AvgIpc) is 3.19. The highest BCUT2D eigenvalue weighted by Gasteiger charge is 2.20. The fourth-order valence-corrected chi connectivity index (χ4v) is 1.99. The van der Waals surface area contributed by atoms with Crippen LogP contribution in [-0.4, -0.2) is 22.8 Å². The van der Waals surface area contributed by atoms with Gasteiger partial charge in [-0.2, -0.15) is 0 Å². The normalized spacial score (nSPS) is 14.6. The van der Waals surface area contributed by atoms with Gasteiger partial charge in [0.1, 0.15) is 0 Å². The fourth-order valence-electron chi connectivity index (χ4n) is 1.99. The van der Waals surface area contributed by atoms with Gasteiger partial charge in [-0.3, -0.25) is 0 Å². The number of hydrogen-bond acceptors (Lipinski definition) is 4. The summed E-state index contributed by atoms with van der Waals surface area (Å²) >= 11 is 0. The van der Waals surface area contributed by atoms with Crippen LogP contribution in [0.2, 0.25) is 0 Å². The summed E-state index contributed by atoms with van der Waals surface area (Å²) in [5.41, 5.74) is -0.233. The van der Waals surface area contributed by atoms with E-state index in [0.29, 0.717) is 18.4 Å². The minimum Gasteiger partial charge on any atom is -0.421 e. The Morgan fingerprint density at radius 2 is 1.95 bits per heavy atom. The number of hydrogen-bond donors (Lipinski definition) is 1. The molecule has 0 saturated heterocycles. The fraction of sp³-hybridized carbons (Fsp3) is 0.429. The molecule has 0 spiro atoms. The molecule has 1 saturated carbocycles. The lowest BCUT2D eigenvalue weighted by Crippen LogP contribution is -2.17. The molecule has 2 aromatic rings. The van der Waals surface area contributed by atoms with E-state index < -0.39 is 17.5 Å². The Bertz CT molecular complexity index is 640. The minimum absolute atomic E-state index is 0.142. The molecule has 4 nitrogen and oxygen atoms in total. The summed E-state index contributed by atoms with van der Waals surface area (Å²) in [5, 5.41) is 10.8. The molecule has 0 atom stereocenters. The number of benzene rings is 1. The summed E-state index contributed by atoms with van der Waals surface area (Å²) in [7, 11) is 0. The predicted molar refractivity (Wildman–Crippen MR) is 69.0 cm³/mol. The molecular weight excluding hydrogens is 283 g/mol. The van der Waals surface area contributed by atoms with Crippen LogP contribution in [0.15, 0.2) is 16.5 Å². The lowest BCUT2D eigenvalue weighted by Gasteiger charge is -2.00. The van der Waals surface area contributed by atoms with Crippen LogP contribution in [0.3, 0.4) is 0 Å². The van der Waals surface area contributed by atoms with Crippen molar-refractivity contribution in [3.05, 3.63) is 35.5 Å². The van der Waals surface area contributed by atoms with Crippen LogP contribution < -0.4 is 5.32 Å². The van der Waals surface area contributed by atoms with Gasteiger partial charge in [0, 0.05) is 12.5 Å². The van der Waals surface area contributed by atoms with Crippen LogP contribution in [0.4, 0.5) is 13.2 Å². The van der Waals surface area contributed by atoms with E-state index >= 15 is 0 Å². The zero-order chi connectivity index (χ0) is 14.8. The SMILES string of the molecule is Fc1ccc(-c2nnc(CCCNC3CC3)o2)c(F)c1F. The summed E-state index contributed by atoms with van der Waals surface area (Å²) < 4.78 is 44.9. The van der Waals surface area contributed by atoms with Crippen LogP contribution in [0.25, 0.3) is 11.5 Å². The Balaban J connectivity index is 1.65. The van der Waals surface area contributed by atoms with Crippen LogP contribution in [0.5, 0.6) is 0 Å². The molecular formula is C14H14F3N3O. The van der Waals surface area contributed by atoms with Crippen molar-refractivity contribution in [3.63, 3.8) is 0 Å². The smallest absolute Gasteiger partial charge is 0.250 e.